The van der Waals surface area contributed by atoms with Crippen LogP contribution in [0.25, 0.3) is 6.08 Å². The van der Waals surface area contributed by atoms with E-state index in [1.165, 1.54) is 0 Å². The van der Waals surface area contributed by atoms with Crippen molar-refractivity contribution in [3.8, 4) is 6.07 Å². The summed E-state index contributed by atoms with van der Waals surface area (Å²) in [4.78, 5) is 11.1. The van der Waals surface area contributed by atoms with Gasteiger partial charge in [0.15, 0.2) is 0 Å². The molecule has 0 bridgehead atoms. The summed E-state index contributed by atoms with van der Waals surface area (Å²) in [5, 5.41) is 11.5. The number of nitrogens with zero attached hydrogens (tertiary/aromatic N) is 4. The summed E-state index contributed by atoms with van der Waals surface area (Å²) in [6.07, 6.45) is 3.91. The van der Waals surface area contributed by atoms with Gasteiger partial charge in [0.2, 0.25) is 0 Å². The van der Waals surface area contributed by atoms with Crippen LogP contribution in [0, 0.1) is 11.3 Å². The van der Waals surface area contributed by atoms with Crippen molar-refractivity contribution in [3.63, 3.8) is 0 Å². The number of thioether (sulfide) groups is 2. The molecule has 0 unspecified atom stereocenters. The summed E-state index contributed by atoms with van der Waals surface area (Å²) < 4.78 is 0. The van der Waals surface area contributed by atoms with Crippen LogP contribution in [-0.4, -0.2) is 23.5 Å². The number of aromatic nitrogens is 1. The molecule has 134 valence electrons. The Labute approximate surface area is 167 Å². The lowest BCUT2D eigenvalue weighted by Crippen LogP contribution is -2.16. The van der Waals surface area contributed by atoms with E-state index in [0.717, 1.165) is 43.5 Å². The van der Waals surface area contributed by atoms with Crippen molar-refractivity contribution in [1.82, 2.24) is 9.88 Å². The van der Waals surface area contributed by atoms with Crippen LogP contribution in [0.1, 0.15) is 18.2 Å². The van der Waals surface area contributed by atoms with Crippen molar-refractivity contribution >= 4 is 35.3 Å². The standard InChI is InChI=1S/C21H18N4S2/c1-4-25-14(2)20(27-19(25)12-16-7-5-6-10-23-16)21-24(3)17-9-8-15(13-22)11-18(17)26-21/h5-12H,2,4H2,1,3H3/b19-12-,21-20+. The van der Waals surface area contributed by atoms with E-state index in [-0.39, 0.29) is 0 Å². The maximum Gasteiger partial charge on any atom is 0.0992 e. The molecule has 0 spiro atoms. The second kappa shape index (κ2) is 7.18. The number of fused-ring (bicyclic) bond motifs is 1. The molecular weight excluding hydrogens is 372 g/mol. The first-order valence-electron chi connectivity index (χ1n) is 8.59. The van der Waals surface area contributed by atoms with Crippen molar-refractivity contribution in [2.45, 2.75) is 11.8 Å². The van der Waals surface area contributed by atoms with Crippen LogP contribution in [0.2, 0.25) is 0 Å². The third kappa shape index (κ3) is 3.14. The van der Waals surface area contributed by atoms with E-state index < -0.39 is 0 Å². The largest absolute Gasteiger partial charge is 0.337 e. The van der Waals surface area contributed by atoms with Gasteiger partial charge in [-0.1, -0.05) is 36.2 Å². The van der Waals surface area contributed by atoms with E-state index in [4.69, 9.17) is 0 Å². The zero-order valence-electron chi connectivity index (χ0n) is 15.1. The number of benzene rings is 1. The number of rotatable bonds is 2. The molecule has 3 heterocycles. The molecule has 27 heavy (non-hydrogen) atoms. The minimum Gasteiger partial charge on any atom is -0.337 e. The predicted molar refractivity (Wildman–Crippen MR) is 114 cm³/mol. The van der Waals surface area contributed by atoms with Crippen LogP contribution in [0.15, 0.2) is 74.7 Å². The first-order valence-corrected chi connectivity index (χ1v) is 10.2. The van der Waals surface area contributed by atoms with Crippen molar-refractivity contribution in [1.29, 1.82) is 5.26 Å². The Bertz CT molecular complexity index is 1020. The fraction of sp³-hybridized carbons (Fsp3) is 0.143. The minimum atomic E-state index is 0.685. The Morgan fingerprint density at radius 1 is 1.26 bits per heavy atom. The highest BCUT2D eigenvalue weighted by atomic mass is 32.2. The van der Waals surface area contributed by atoms with E-state index >= 15 is 0 Å². The number of hydrogen-bond donors (Lipinski definition) is 0. The van der Waals surface area contributed by atoms with Gasteiger partial charge in [0.25, 0.3) is 0 Å². The van der Waals surface area contributed by atoms with E-state index in [2.05, 4.69) is 47.5 Å². The summed E-state index contributed by atoms with van der Waals surface area (Å²) in [7, 11) is 2.07. The highest BCUT2D eigenvalue weighted by Gasteiger charge is 2.33. The molecule has 4 nitrogen and oxygen atoms in total. The van der Waals surface area contributed by atoms with Gasteiger partial charge < -0.3 is 9.80 Å². The average molecular weight is 391 g/mol. The summed E-state index contributed by atoms with van der Waals surface area (Å²) >= 11 is 3.43. The Morgan fingerprint density at radius 3 is 2.81 bits per heavy atom. The average Bonchev–Trinajstić information content (AvgIpc) is 3.18. The second-order valence-corrected chi connectivity index (χ2v) is 8.18. The molecular formula is C21H18N4S2. The molecule has 1 aromatic carbocycles. The van der Waals surface area contributed by atoms with Gasteiger partial charge >= 0.3 is 0 Å². The number of pyridine rings is 1. The molecule has 0 N–H and O–H groups in total. The fourth-order valence-corrected chi connectivity index (χ4v) is 5.70. The van der Waals surface area contributed by atoms with Crippen LogP contribution in [0.4, 0.5) is 5.69 Å². The number of nitriles is 1. The van der Waals surface area contributed by atoms with Crippen molar-refractivity contribution in [2.24, 2.45) is 0 Å². The monoisotopic (exact) mass is 390 g/mol. The van der Waals surface area contributed by atoms with Gasteiger partial charge in [-0.25, -0.2) is 0 Å². The van der Waals surface area contributed by atoms with Gasteiger partial charge in [0.1, 0.15) is 0 Å². The van der Waals surface area contributed by atoms with Crippen LogP contribution in [0.5, 0.6) is 0 Å². The Balaban J connectivity index is 1.73. The first-order chi connectivity index (χ1) is 13.1. The zero-order chi connectivity index (χ0) is 19.0. The number of hydrogen-bond acceptors (Lipinski definition) is 6. The van der Waals surface area contributed by atoms with Gasteiger partial charge in [-0.2, -0.15) is 5.26 Å². The molecule has 6 heteroatoms. The van der Waals surface area contributed by atoms with Gasteiger partial charge in [0.05, 0.1) is 43.7 Å². The lowest BCUT2D eigenvalue weighted by Gasteiger charge is -2.18. The molecule has 0 radical (unpaired) electrons. The Hall–Kier alpha value is -2.62. The second-order valence-electron chi connectivity index (χ2n) is 6.12. The summed E-state index contributed by atoms with van der Waals surface area (Å²) in [6, 6.07) is 14.0. The zero-order valence-corrected chi connectivity index (χ0v) is 16.8. The van der Waals surface area contributed by atoms with Gasteiger partial charge in [-0.05, 0) is 43.3 Å². The third-order valence-corrected chi connectivity index (χ3v) is 7.02. The molecule has 0 saturated carbocycles. The van der Waals surface area contributed by atoms with E-state index in [0.29, 0.717) is 5.56 Å². The molecule has 2 aromatic rings. The molecule has 0 atom stereocenters. The van der Waals surface area contributed by atoms with Gasteiger partial charge in [0, 0.05) is 24.7 Å². The van der Waals surface area contributed by atoms with Crippen molar-refractivity contribution in [3.05, 3.63) is 81.1 Å². The van der Waals surface area contributed by atoms with E-state index in [1.54, 1.807) is 29.7 Å². The predicted octanol–water partition coefficient (Wildman–Crippen LogP) is 5.25. The minimum absolute atomic E-state index is 0.685. The molecule has 4 rings (SSSR count). The highest BCUT2D eigenvalue weighted by Crippen LogP contribution is 2.54. The Morgan fingerprint density at radius 2 is 2.11 bits per heavy atom. The normalized spacial score (nSPS) is 20.3. The topological polar surface area (TPSA) is 43.2 Å². The summed E-state index contributed by atoms with van der Waals surface area (Å²) in [5.41, 5.74) is 3.75. The Kier molecular flexibility index (Phi) is 4.73. The first kappa shape index (κ1) is 17.8. The fourth-order valence-electron chi connectivity index (χ4n) is 3.11. The molecule has 2 aliphatic rings. The third-order valence-electron chi connectivity index (χ3n) is 4.49. The van der Waals surface area contributed by atoms with Gasteiger partial charge in [-0.3, -0.25) is 4.98 Å². The molecule has 1 fully saturated rings. The summed E-state index contributed by atoms with van der Waals surface area (Å²) in [6.45, 7) is 7.33. The molecule has 0 aliphatic carbocycles. The van der Waals surface area contributed by atoms with E-state index in [1.807, 2.05) is 36.4 Å². The lowest BCUT2D eigenvalue weighted by molar-refractivity contribution is 0.507. The maximum absolute atomic E-state index is 9.17. The maximum atomic E-state index is 9.17. The van der Waals surface area contributed by atoms with Crippen molar-refractivity contribution < 1.29 is 0 Å². The smallest absolute Gasteiger partial charge is 0.0992 e. The molecule has 1 aromatic heterocycles. The van der Waals surface area contributed by atoms with Crippen LogP contribution in [-0.2, 0) is 0 Å². The molecule has 0 amide bonds. The number of anilines is 1. The van der Waals surface area contributed by atoms with Crippen molar-refractivity contribution in [2.75, 3.05) is 18.5 Å². The quantitative estimate of drug-likeness (QED) is 0.698. The highest BCUT2D eigenvalue weighted by molar-refractivity contribution is 8.09. The lowest BCUT2D eigenvalue weighted by atomic mass is 10.2. The summed E-state index contributed by atoms with van der Waals surface area (Å²) in [5.74, 6) is 0. The molecule has 1 saturated heterocycles. The van der Waals surface area contributed by atoms with Gasteiger partial charge in [-0.15, -0.1) is 0 Å². The van der Waals surface area contributed by atoms with Crippen LogP contribution >= 0.6 is 23.5 Å². The molecule has 2 aliphatic heterocycles. The van der Waals surface area contributed by atoms with Crippen LogP contribution in [0.3, 0.4) is 0 Å². The number of likely N-dealkylation sites (N-methyl/N-ethyl adjacent to an activating group) is 1. The van der Waals surface area contributed by atoms with E-state index in [9.17, 15) is 5.26 Å². The van der Waals surface area contributed by atoms with Crippen LogP contribution < -0.4 is 4.90 Å². The SMILES string of the molecule is C=C1/C(=C2\Sc3cc(C#N)ccc3N2C)S/C(=C\c2ccccn2)N1CC.